The Bertz CT molecular complexity index is 614. The number of carbonyl (C=O) groups is 1. The molecule has 0 aliphatic heterocycles. The van der Waals surface area contributed by atoms with Gasteiger partial charge in [0.25, 0.3) is 5.91 Å². The lowest BCUT2D eigenvalue weighted by molar-refractivity contribution is 0.102. The minimum absolute atomic E-state index is 0.265. The van der Waals surface area contributed by atoms with Crippen LogP contribution in [0.3, 0.4) is 0 Å². The Morgan fingerprint density at radius 1 is 1.26 bits per heavy atom. The maximum atomic E-state index is 12.1. The predicted molar refractivity (Wildman–Crippen MR) is 76.8 cm³/mol. The number of nitrogens with one attached hydrogen (secondary N) is 1. The van der Waals surface area contributed by atoms with Crippen molar-refractivity contribution in [3.63, 3.8) is 0 Å². The van der Waals surface area contributed by atoms with Gasteiger partial charge in [-0.3, -0.25) is 4.79 Å². The molecule has 4 nitrogen and oxygen atoms in total. The lowest BCUT2D eigenvalue weighted by Gasteiger charge is -2.09. The molecule has 0 aromatic heterocycles. The minimum atomic E-state index is -0.265. The van der Waals surface area contributed by atoms with Gasteiger partial charge in [-0.1, -0.05) is 23.7 Å². The van der Waals surface area contributed by atoms with Gasteiger partial charge in [0.2, 0.25) is 0 Å². The van der Waals surface area contributed by atoms with Crippen LogP contribution in [0.5, 0.6) is 5.75 Å². The maximum Gasteiger partial charge on any atom is 0.259 e. The maximum absolute atomic E-state index is 12.1. The second kappa shape index (κ2) is 5.63. The first-order chi connectivity index (χ1) is 9.11. The largest absolute Gasteiger partial charge is 0.496 e. The van der Waals surface area contributed by atoms with E-state index in [4.69, 9.17) is 22.1 Å². The average molecular weight is 277 g/mol. The molecule has 0 aliphatic rings. The molecule has 0 radical (unpaired) electrons. The van der Waals surface area contributed by atoms with Crippen LogP contribution in [0, 0.1) is 0 Å². The summed E-state index contributed by atoms with van der Waals surface area (Å²) in [5.41, 5.74) is 7.12. The Kier molecular flexibility index (Phi) is 3.92. The van der Waals surface area contributed by atoms with Gasteiger partial charge in [0.05, 0.1) is 23.4 Å². The number of anilines is 2. The van der Waals surface area contributed by atoms with Crippen LogP contribution in [0.4, 0.5) is 11.4 Å². The Labute approximate surface area is 116 Å². The van der Waals surface area contributed by atoms with E-state index in [2.05, 4.69) is 5.32 Å². The second-order valence-corrected chi connectivity index (χ2v) is 4.30. The number of hydrogen-bond acceptors (Lipinski definition) is 3. The zero-order chi connectivity index (χ0) is 13.8. The molecule has 0 saturated heterocycles. The molecule has 0 aliphatic carbocycles. The Morgan fingerprint density at radius 2 is 2.00 bits per heavy atom. The monoisotopic (exact) mass is 276 g/mol. The Balaban J connectivity index is 2.23. The SMILES string of the molecule is COc1ccccc1C(=O)Nc1ccc(N)c(Cl)c1. The summed E-state index contributed by atoms with van der Waals surface area (Å²) >= 11 is 5.90. The molecule has 2 aromatic rings. The molecule has 3 N–H and O–H groups in total. The van der Waals surface area contributed by atoms with E-state index in [0.29, 0.717) is 27.7 Å². The zero-order valence-corrected chi connectivity index (χ0v) is 11.1. The van der Waals surface area contributed by atoms with E-state index in [1.54, 1.807) is 42.5 Å². The molecule has 0 spiro atoms. The number of nitrogens with two attached hydrogens (primary N) is 1. The van der Waals surface area contributed by atoms with Crippen LogP contribution >= 0.6 is 11.6 Å². The average Bonchev–Trinajstić information content (AvgIpc) is 2.43. The highest BCUT2D eigenvalue weighted by Crippen LogP contribution is 2.24. The third-order valence-electron chi connectivity index (χ3n) is 2.61. The lowest BCUT2D eigenvalue weighted by atomic mass is 10.2. The van der Waals surface area contributed by atoms with E-state index < -0.39 is 0 Å². The van der Waals surface area contributed by atoms with Gasteiger partial charge in [-0.05, 0) is 30.3 Å². The highest BCUT2D eigenvalue weighted by atomic mass is 35.5. The van der Waals surface area contributed by atoms with E-state index >= 15 is 0 Å². The summed E-state index contributed by atoms with van der Waals surface area (Å²) in [6.45, 7) is 0. The summed E-state index contributed by atoms with van der Waals surface area (Å²) in [5.74, 6) is 0.250. The number of nitrogen functional groups attached to an aromatic ring is 1. The summed E-state index contributed by atoms with van der Waals surface area (Å²) in [6, 6.07) is 11.9. The summed E-state index contributed by atoms with van der Waals surface area (Å²) in [5, 5.41) is 3.14. The smallest absolute Gasteiger partial charge is 0.259 e. The van der Waals surface area contributed by atoms with Crippen molar-refractivity contribution < 1.29 is 9.53 Å². The normalized spacial score (nSPS) is 10.0. The van der Waals surface area contributed by atoms with Gasteiger partial charge in [-0.15, -0.1) is 0 Å². The highest BCUT2D eigenvalue weighted by molar-refractivity contribution is 6.33. The predicted octanol–water partition coefficient (Wildman–Crippen LogP) is 3.18. The third kappa shape index (κ3) is 2.98. The summed E-state index contributed by atoms with van der Waals surface area (Å²) in [7, 11) is 1.52. The van der Waals surface area contributed by atoms with Gasteiger partial charge in [0.1, 0.15) is 5.75 Å². The first-order valence-corrected chi connectivity index (χ1v) is 5.99. The fourth-order valence-corrected chi connectivity index (χ4v) is 1.82. The Morgan fingerprint density at radius 3 is 2.68 bits per heavy atom. The quantitative estimate of drug-likeness (QED) is 0.846. The molecule has 0 unspecified atom stereocenters. The van der Waals surface area contributed by atoms with Gasteiger partial charge in [0, 0.05) is 5.69 Å². The number of methoxy groups -OCH3 is 1. The number of amides is 1. The fraction of sp³-hybridized carbons (Fsp3) is 0.0714. The Hall–Kier alpha value is -2.20. The van der Waals surface area contributed by atoms with Gasteiger partial charge < -0.3 is 15.8 Å². The van der Waals surface area contributed by atoms with Crippen molar-refractivity contribution in [2.45, 2.75) is 0 Å². The number of benzene rings is 2. The van der Waals surface area contributed by atoms with Crippen molar-refractivity contribution in [3.05, 3.63) is 53.1 Å². The number of halogens is 1. The number of carbonyl (C=O) groups excluding carboxylic acids is 1. The molecule has 98 valence electrons. The van der Waals surface area contributed by atoms with E-state index in [-0.39, 0.29) is 5.91 Å². The molecule has 0 bridgehead atoms. The van der Waals surface area contributed by atoms with Crippen molar-refractivity contribution in [1.29, 1.82) is 0 Å². The van der Waals surface area contributed by atoms with Crippen molar-refractivity contribution >= 4 is 28.9 Å². The van der Waals surface area contributed by atoms with Crippen molar-refractivity contribution in [2.75, 3.05) is 18.2 Å². The van der Waals surface area contributed by atoms with Crippen LogP contribution in [0.1, 0.15) is 10.4 Å². The van der Waals surface area contributed by atoms with Crippen LogP contribution in [-0.4, -0.2) is 13.0 Å². The van der Waals surface area contributed by atoms with Crippen LogP contribution in [0.25, 0.3) is 0 Å². The number of para-hydroxylation sites is 1. The summed E-state index contributed by atoms with van der Waals surface area (Å²) in [4.78, 5) is 12.1. The van der Waals surface area contributed by atoms with Gasteiger partial charge >= 0.3 is 0 Å². The second-order valence-electron chi connectivity index (χ2n) is 3.89. The standard InChI is InChI=1S/C14H13ClN2O2/c1-19-13-5-3-2-4-10(13)14(18)17-9-6-7-12(16)11(15)8-9/h2-8H,16H2,1H3,(H,17,18). The van der Waals surface area contributed by atoms with E-state index in [0.717, 1.165) is 0 Å². The van der Waals surface area contributed by atoms with Crippen LogP contribution in [0.2, 0.25) is 5.02 Å². The first kappa shape index (κ1) is 13.2. The molecule has 19 heavy (non-hydrogen) atoms. The lowest BCUT2D eigenvalue weighted by Crippen LogP contribution is -2.13. The number of ether oxygens (including phenoxy) is 1. The molecule has 1 amide bonds. The molecule has 0 saturated carbocycles. The first-order valence-electron chi connectivity index (χ1n) is 5.61. The van der Waals surface area contributed by atoms with Crippen LogP contribution in [-0.2, 0) is 0 Å². The number of rotatable bonds is 3. The molecular formula is C14H13ClN2O2. The van der Waals surface area contributed by atoms with Crippen LogP contribution < -0.4 is 15.8 Å². The van der Waals surface area contributed by atoms with E-state index in [9.17, 15) is 4.79 Å². The summed E-state index contributed by atoms with van der Waals surface area (Å²) < 4.78 is 5.14. The molecule has 0 atom stereocenters. The molecular weight excluding hydrogens is 264 g/mol. The van der Waals surface area contributed by atoms with E-state index in [1.807, 2.05) is 0 Å². The van der Waals surface area contributed by atoms with Crippen molar-refractivity contribution in [3.8, 4) is 5.75 Å². The summed E-state index contributed by atoms with van der Waals surface area (Å²) in [6.07, 6.45) is 0. The van der Waals surface area contributed by atoms with Crippen molar-refractivity contribution in [1.82, 2.24) is 0 Å². The third-order valence-corrected chi connectivity index (χ3v) is 2.94. The van der Waals surface area contributed by atoms with Gasteiger partial charge in [-0.2, -0.15) is 0 Å². The highest BCUT2D eigenvalue weighted by Gasteiger charge is 2.11. The van der Waals surface area contributed by atoms with E-state index in [1.165, 1.54) is 7.11 Å². The van der Waals surface area contributed by atoms with Crippen LogP contribution in [0.15, 0.2) is 42.5 Å². The number of hydrogen-bond donors (Lipinski definition) is 2. The molecule has 2 aromatic carbocycles. The minimum Gasteiger partial charge on any atom is -0.496 e. The molecule has 0 heterocycles. The fourth-order valence-electron chi connectivity index (χ4n) is 1.64. The molecule has 5 heteroatoms. The van der Waals surface area contributed by atoms with Crippen molar-refractivity contribution in [2.24, 2.45) is 0 Å². The zero-order valence-electron chi connectivity index (χ0n) is 10.3. The van der Waals surface area contributed by atoms with Gasteiger partial charge in [-0.25, -0.2) is 0 Å². The molecule has 0 fully saturated rings. The van der Waals surface area contributed by atoms with Gasteiger partial charge in [0.15, 0.2) is 0 Å². The molecule has 2 rings (SSSR count). The topological polar surface area (TPSA) is 64.3 Å².